The molecule has 0 aliphatic rings. The van der Waals surface area contributed by atoms with Gasteiger partial charge >= 0.3 is 0 Å². The topological polar surface area (TPSA) is 33.1 Å². The molecule has 1 aromatic heterocycles. The van der Waals surface area contributed by atoms with Crippen molar-refractivity contribution in [1.29, 1.82) is 0 Å². The van der Waals surface area contributed by atoms with E-state index >= 15 is 0 Å². The summed E-state index contributed by atoms with van der Waals surface area (Å²) in [5, 5.41) is 12.5. The molecule has 0 bridgehead atoms. The van der Waals surface area contributed by atoms with E-state index in [9.17, 15) is 9.50 Å². The molecule has 1 heterocycles. The number of nitrogens with zero attached hydrogens (tertiary/aromatic N) is 1. The zero-order valence-corrected chi connectivity index (χ0v) is 10.7. The fourth-order valence-electron chi connectivity index (χ4n) is 1.53. The Morgan fingerprint density at radius 3 is 2.94 bits per heavy atom. The highest BCUT2D eigenvalue weighted by Gasteiger charge is 2.15. The van der Waals surface area contributed by atoms with Crippen LogP contribution in [0.3, 0.4) is 0 Å². The van der Waals surface area contributed by atoms with Gasteiger partial charge in [0.1, 0.15) is 16.9 Å². The van der Waals surface area contributed by atoms with E-state index in [1.54, 1.807) is 12.1 Å². The van der Waals surface area contributed by atoms with E-state index in [0.717, 1.165) is 5.69 Å². The average molecular weight is 272 g/mol. The Balaban J connectivity index is 2.18. The van der Waals surface area contributed by atoms with Crippen LogP contribution in [0.15, 0.2) is 23.6 Å². The van der Waals surface area contributed by atoms with E-state index in [0.29, 0.717) is 10.6 Å². The van der Waals surface area contributed by atoms with Gasteiger partial charge < -0.3 is 5.11 Å². The molecule has 17 heavy (non-hydrogen) atoms. The van der Waals surface area contributed by atoms with Crippen molar-refractivity contribution < 1.29 is 9.50 Å². The number of rotatable bonds is 3. The van der Waals surface area contributed by atoms with E-state index in [2.05, 4.69) is 4.98 Å². The van der Waals surface area contributed by atoms with E-state index in [1.165, 1.54) is 17.4 Å². The first-order valence-corrected chi connectivity index (χ1v) is 6.36. The van der Waals surface area contributed by atoms with Crippen molar-refractivity contribution in [1.82, 2.24) is 4.98 Å². The minimum atomic E-state index is -0.790. The fourth-order valence-corrected chi connectivity index (χ4v) is 2.50. The predicted molar refractivity (Wildman–Crippen MR) is 66.9 cm³/mol. The van der Waals surface area contributed by atoms with Crippen LogP contribution < -0.4 is 0 Å². The number of aliphatic hydroxyl groups excluding tert-OH is 1. The van der Waals surface area contributed by atoms with Crippen LogP contribution in [0.4, 0.5) is 4.39 Å². The molecule has 0 radical (unpaired) electrons. The second-order valence-corrected chi connectivity index (χ2v) is 5.06. The fraction of sp³-hybridized carbons (Fsp3) is 0.250. The van der Waals surface area contributed by atoms with Crippen LogP contribution in [0, 0.1) is 12.7 Å². The minimum absolute atomic E-state index is 0.0741. The molecule has 0 saturated heterocycles. The number of aromatic nitrogens is 1. The van der Waals surface area contributed by atoms with Crippen LogP contribution in [0.5, 0.6) is 0 Å². The van der Waals surface area contributed by atoms with Gasteiger partial charge in [0.2, 0.25) is 0 Å². The average Bonchev–Trinajstić information content (AvgIpc) is 2.72. The number of thiazole rings is 1. The maximum atomic E-state index is 13.6. The van der Waals surface area contributed by atoms with Crippen LogP contribution >= 0.6 is 22.9 Å². The summed E-state index contributed by atoms with van der Waals surface area (Å²) in [4.78, 5) is 4.17. The molecular formula is C12H11ClFNOS. The van der Waals surface area contributed by atoms with Crippen molar-refractivity contribution in [2.75, 3.05) is 0 Å². The molecule has 1 atom stereocenters. The van der Waals surface area contributed by atoms with Gasteiger partial charge in [-0.2, -0.15) is 0 Å². The summed E-state index contributed by atoms with van der Waals surface area (Å²) in [6, 6.07) is 4.77. The molecule has 0 spiro atoms. The lowest BCUT2D eigenvalue weighted by Crippen LogP contribution is -2.03. The highest BCUT2D eigenvalue weighted by Crippen LogP contribution is 2.25. The van der Waals surface area contributed by atoms with E-state index in [1.807, 2.05) is 12.3 Å². The van der Waals surface area contributed by atoms with Gasteiger partial charge in [0.05, 0.1) is 5.02 Å². The summed E-state index contributed by atoms with van der Waals surface area (Å²) in [6.45, 7) is 1.85. The van der Waals surface area contributed by atoms with Gasteiger partial charge in [-0.1, -0.05) is 23.7 Å². The van der Waals surface area contributed by atoms with Gasteiger partial charge in [-0.15, -0.1) is 11.3 Å². The molecule has 90 valence electrons. The smallest absolute Gasteiger partial charge is 0.145 e. The molecule has 2 aromatic rings. The van der Waals surface area contributed by atoms with Crippen LogP contribution in [0.25, 0.3) is 0 Å². The Morgan fingerprint density at radius 1 is 1.53 bits per heavy atom. The van der Waals surface area contributed by atoms with Gasteiger partial charge in [0.15, 0.2) is 0 Å². The van der Waals surface area contributed by atoms with Crippen LogP contribution in [-0.2, 0) is 6.42 Å². The normalized spacial score (nSPS) is 12.7. The quantitative estimate of drug-likeness (QED) is 0.927. The SMILES string of the molecule is Cc1csc(C(O)Cc2cccc(Cl)c2F)n1. The third-order valence-corrected chi connectivity index (χ3v) is 3.72. The van der Waals surface area contributed by atoms with Gasteiger partial charge in [-0.05, 0) is 18.6 Å². The van der Waals surface area contributed by atoms with E-state index in [4.69, 9.17) is 11.6 Å². The zero-order valence-electron chi connectivity index (χ0n) is 9.15. The number of aliphatic hydroxyl groups is 1. The van der Waals surface area contributed by atoms with E-state index < -0.39 is 11.9 Å². The number of benzene rings is 1. The molecule has 1 aromatic carbocycles. The standard InChI is InChI=1S/C12H11ClFNOS/c1-7-6-17-12(15-7)10(16)5-8-3-2-4-9(13)11(8)14/h2-4,6,10,16H,5H2,1H3. The third kappa shape index (κ3) is 2.83. The van der Waals surface area contributed by atoms with Crippen LogP contribution in [0.2, 0.25) is 5.02 Å². The molecule has 1 unspecified atom stereocenters. The van der Waals surface area contributed by atoms with E-state index in [-0.39, 0.29) is 11.4 Å². The maximum Gasteiger partial charge on any atom is 0.145 e. The lowest BCUT2D eigenvalue weighted by molar-refractivity contribution is 0.176. The largest absolute Gasteiger partial charge is 0.386 e. The monoisotopic (exact) mass is 271 g/mol. The zero-order chi connectivity index (χ0) is 12.4. The summed E-state index contributed by atoms with van der Waals surface area (Å²) >= 11 is 7.05. The van der Waals surface area contributed by atoms with Crippen molar-refractivity contribution in [3.05, 3.63) is 50.7 Å². The van der Waals surface area contributed by atoms with Gasteiger partial charge in [-0.3, -0.25) is 0 Å². The molecule has 0 fully saturated rings. The molecule has 0 saturated carbocycles. The Morgan fingerprint density at radius 2 is 2.29 bits per heavy atom. The van der Waals surface area contributed by atoms with Crippen molar-refractivity contribution >= 4 is 22.9 Å². The lowest BCUT2D eigenvalue weighted by Gasteiger charge is -2.09. The van der Waals surface area contributed by atoms with Crippen molar-refractivity contribution in [3.8, 4) is 0 Å². The summed E-state index contributed by atoms with van der Waals surface area (Å²) in [6.07, 6.45) is -0.610. The number of hydrogen-bond acceptors (Lipinski definition) is 3. The summed E-state index contributed by atoms with van der Waals surface area (Å²) in [5.74, 6) is -0.471. The van der Waals surface area contributed by atoms with Gasteiger partial charge in [0, 0.05) is 17.5 Å². The molecule has 2 nitrogen and oxygen atoms in total. The Hall–Kier alpha value is -0.970. The van der Waals surface area contributed by atoms with Crippen molar-refractivity contribution in [2.24, 2.45) is 0 Å². The second kappa shape index (κ2) is 5.12. The minimum Gasteiger partial charge on any atom is -0.386 e. The Labute approximate surface area is 108 Å². The number of aryl methyl sites for hydroxylation is 1. The first-order valence-electron chi connectivity index (χ1n) is 5.11. The third-order valence-electron chi connectivity index (χ3n) is 2.37. The predicted octanol–water partition coefficient (Wildman–Crippen LogP) is 3.52. The Bertz CT molecular complexity index is 529. The number of hydrogen-bond donors (Lipinski definition) is 1. The molecule has 0 aliphatic heterocycles. The molecule has 0 amide bonds. The maximum absolute atomic E-state index is 13.6. The summed E-state index contributed by atoms with van der Waals surface area (Å²) in [5.41, 5.74) is 1.26. The van der Waals surface area contributed by atoms with Crippen LogP contribution in [-0.4, -0.2) is 10.1 Å². The lowest BCUT2D eigenvalue weighted by atomic mass is 10.1. The second-order valence-electron chi connectivity index (χ2n) is 3.76. The first-order chi connectivity index (χ1) is 8.08. The highest BCUT2D eigenvalue weighted by atomic mass is 35.5. The molecule has 1 N–H and O–H groups in total. The van der Waals surface area contributed by atoms with Gasteiger partial charge in [-0.25, -0.2) is 9.37 Å². The Kier molecular flexibility index (Phi) is 3.76. The van der Waals surface area contributed by atoms with Crippen molar-refractivity contribution in [3.63, 3.8) is 0 Å². The molecule has 2 rings (SSSR count). The molecular weight excluding hydrogens is 261 g/mol. The molecule has 5 heteroatoms. The first kappa shape index (κ1) is 12.5. The number of halogens is 2. The molecule has 0 aliphatic carbocycles. The van der Waals surface area contributed by atoms with Crippen LogP contribution in [0.1, 0.15) is 22.4 Å². The highest BCUT2D eigenvalue weighted by molar-refractivity contribution is 7.09. The van der Waals surface area contributed by atoms with Gasteiger partial charge in [0.25, 0.3) is 0 Å². The summed E-state index contributed by atoms with van der Waals surface area (Å²) < 4.78 is 13.6. The summed E-state index contributed by atoms with van der Waals surface area (Å²) in [7, 11) is 0. The van der Waals surface area contributed by atoms with Crippen molar-refractivity contribution in [2.45, 2.75) is 19.4 Å².